The normalized spacial score (nSPS) is 12.9. The first-order valence-electron chi connectivity index (χ1n) is 11.2. The Labute approximate surface area is 189 Å². The molecular formula is C30H12O4. The minimum Gasteiger partial charge on any atom is -0.422 e. The Hall–Kier alpha value is -4.70. The molecule has 0 saturated carbocycles. The fourth-order valence-electron chi connectivity index (χ4n) is 6.42. The second-order valence-electron chi connectivity index (χ2n) is 9.09. The molecule has 2 heterocycles. The SMILES string of the molecule is O=c1oc2ccc3c4ccccc4c4c(=O)oc5ccc6c7ccccc7c1c1c2c3c4c5c61. The molecule has 0 bridgehead atoms. The molecule has 0 saturated heterocycles. The van der Waals surface area contributed by atoms with Crippen LogP contribution in [0, 0.1) is 0 Å². The minimum absolute atomic E-state index is 0.352. The Bertz CT molecular complexity index is 2250. The average molecular weight is 436 g/mol. The topological polar surface area (TPSA) is 60.4 Å². The Morgan fingerprint density at radius 1 is 0.353 bits per heavy atom. The Balaban J connectivity index is 1.87. The Kier molecular flexibility index (Phi) is 2.61. The van der Waals surface area contributed by atoms with Gasteiger partial charge in [-0.15, -0.1) is 0 Å². The lowest BCUT2D eigenvalue weighted by atomic mass is 9.82. The first kappa shape index (κ1) is 16.9. The smallest absolute Gasteiger partial charge is 0.344 e. The van der Waals surface area contributed by atoms with E-state index in [0.717, 1.165) is 64.6 Å². The number of hydrogen-bond acceptors (Lipinski definition) is 4. The molecular weight excluding hydrogens is 424 g/mol. The van der Waals surface area contributed by atoms with Crippen LogP contribution in [-0.2, 0) is 0 Å². The third-order valence-electron chi connectivity index (χ3n) is 7.62. The summed E-state index contributed by atoms with van der Waals surface area (Å²) in [4.78, 5) is 26.8. The van der Waals surface area contributed by atoms with Gasteiger partial charge in [0.15, 0.2) is 0 Å². The van der Waals surface area contributed by atoms with E-state index in [4.69, 9.17) is 8.83 Å². The molecule has 0 spiro atoms. The maximum Gasteiger partial charge on any atom is 0.344 e. The summed E-state index contributed by atoms with van der Waals surface area (Å²) in [5, 5.41) is 12.4. The van der Waals surface area contributed by atoms with Crippen molar-refractivity contribution < 1.29 is 8.83 Å². The number of benzene rings is 7. The zero-order valence-corrected chi connectivity index (χ0v) is 17.6. The van der Waals surface area contributed by atoms with Crippen LogP contribution in [0.2, 0.25) is 0 Å². The highest BCUT2D eigenvalue weighted by Gasteiger charge is 2.27. The first-order valence-corrected chi connectivity index (χ1v) is 11.2. The first-order chi connectivity index (χ1) is 16.7. The molecule has 0 aliphatic rings. The third kappa shape index (κ3) is 1.64. The standard InChI is InChI=1S/C30H12O4/c31-29-23-15-7-3-1-5-13(15)17-9-11-19-25-21(17)27(23)26-20(33-29)12-10-18-14-6-2-4-8-16(14)24(30(32)34-19)28(25)22(18)26/h1-12H. The van der Waals surface area contributed by atoms with Crippen LogP contribution in [0.1, 0.15) is 0 Å². The van der Waals surface area contributed by atoms with Gasteiger partial charge in [-0.1, -0.05) is 48.5 Å². The van der Waals surface area contributed by atoms with E-state index in [1.54, 1.807) is 0 Å². The van der Waals surface area contributed by atoms with E-state index in [2.05, 4.69) is 0 Å². The number of rotatable bonds is 0. The minimum atomic E-state index is -0.352. The van der Waals surface area contributed by atoms with Crippen molar-refractivity contribution >= 4 is 86.6 Å². The van der Waals surface area contributed by atoms with Crippen molar-refractivity contribution in [1.29, 1.82) is 0 Å². The highest BCUT2D eigenvalue weighted by atomic mass is 16.4. The van der Waals surface area contributed by atoms with Gasteiger partial charge in [-0.3, -0.25) is 0 Å². The van der Waals surface area contributed by atoms with Crippen LogP contribution in [0.5, 0.6) is 0 Å². The van der Waals surface area contributed by atoms with E-state index in [-0.39, 0.29) is 11.3 Å². The molecule has 0 atom stereocenters. The maximum atomic E-state index is 13.4. The molecule has 0 aliphatic heterocycles. The van der Waals surface area contributed by atoms with Crippen molar-refractivity contribution in [2.24, 2.45) is 0 Å². The van der Waals surface area contributed by atoms with E-state index in [9.17, 15) is 9.59 Å². The Morgan fingerprint density at radius 3 is 1.18 bits per heavy atom. The summed E-state index contributed by atoms with van der Waals surface area (Å²) >= 11 is 0. The summed E-state index contributed by atoms with van der Waals surface area (Å²) in [6.45, 7) is 0. The van der Waals surface area contributed by atoms with Gasteiger partial charge in [0, 0.05) is 32.3 Å². The van der Waals surface area contributed by atoms with Gasteiger partial charge < -0.3 is 8.83 Å². The lowest BCUT2D eigenvalue weighted by molar-refractivity contribution is 0.569. The van der Waals surface area contributed by atoms with E-state index >= 15 is 0 Å². The zero-order chi connectivity index (χ0) is 22.3. The van der Waals surface area contributed by atoms with Gasteiger partial charge in [-0.25, -0.2) is 9.59 Å². The molecule has 9 rings (SSSR count). The second-order valence-corrected chi connectivity index (χ2v) is 9.09. The van der Waals surface area contributed by atoms with Crippen molar-refractivity contribution in [2.45, 2.75) is 0 Å². The van der Waals surface area contributed by atoms with Crippen LogP contribution in [0.25, 0.3) is 86.6 Å². The fourth-order valence-corrected chi connectivity index (χ4v) is 6.42. The van der Waals surface area contributed by atoms with Crippen LogP contribution in [0.15, 0.2) is 91.2 Å². The second kappa shape index (κ2) is 5.26. The molecule has 0 unspecified atom stereocenters. The molecule has 0 aliphatic carbocycles. The lowest BCUT2D eigenvalue weighted by Crippen LogP contribution is -2.07. The quantitative estimate of drug-likeness (QED) is 0.144. The molecule has 7 aromatic carbocycles. The maximum absolute atomic E-state index is 13.4. The molecule has 0 fully saturated rings. The van der Waals surface area contributed by atoms with Gasteiger partial charge in [-0.2, -0.15) is 0 Å². The van der Waals surface area contributed by atoms with Crippen molar-refractivity contribution in [3.05, 3.63) is 93.6 Å². The number of hydrogen-bond donors (Lipinski definition) is 0. The molecule has 0 N–H and O–H groups in total. The molecule has 4 heteroatoms. The van der Waals surface area contributed by atoms with Crippen LogP contribution >= 0.6 is 0 Å². The zero-order valence-electron chi connectivity index (χ0n) is 17.6. The Morgan fingerprint density at radius 2 is 0.735 bits per heavy atom. The summed E-state index contributed by atoms with van der Waals surface area (Å²) in [6, 6.07) is 23.6. The van der Waals surface area contributed by atoms with Crippen molar-refractivity contribution in [3.8, 4) is 0 Å². The van der Waals surface area contributed by atoms with Crippen molar-refractivity contribution in [3.63, 3.8) is 0 Å². The summed E-state index contributed by atoms with van der Waals surface area (Å²) in [6.07, 6.45) is 0. The average Bonchev–Trinajstić information content (AvgIpc) is 2.87. The summed E-state index contributed by atoms with van der Waals surface area (Å²) in [7, 11) is 0. The number of fused-ring (bicyclic) bond motifs is 6. The summed E-state index contributed by atoms with van der Waals surface area (Å²) < 4.78 is 11.8. The van der Waals surface area contributed by atoms with Gasteiger partial charge >= 0.3 is 11.3 Å². The predicted molar refractivity (Wildman–Crippen MR) is 137 cm³/mol. The molecule has 34 heavy (non-hydrogen) atoms. The molecule has 2 aromatic heterocycles. The van der Waals surface area contributed by atoms with Crippen molar-refractivity contribution in [2.75, 3.05) is 0 Å². The fraction of sp³-hybridized carbons (Fsp3) is 0. The van der Waals surface area contributed by atoms with Crippen LogP contribution in [0.3, 0.4) is 0 Å². The van der Waals surface area contributed by atoms with Gasteiger partial charge in [0.1, 0.15) is 11.2 Å². The van der Waals surface area contributed by atoms with Gasteiger partial charge in [0.05, 0.1) is 10.8 Å². The molecule has 0 amide bonds. The monoisotopic (exact) mass is 436 g/mol. The highest BCUT2D eigenvalue weighted by Crippen LogP contribution is 2.50. The third-order valence-corrected chi connectivity index (χ3v) is 7.62. The molecule has 9 aromatic rings. The molecule has 156 valence electrons. The van der Waals surface area contributed by atoms with Crippen LogP contribution in [-0.4, -0.2) is 0 Å². The van der Waals surface area contributed by atoms with E-state index in [0.29, 0.717) is 21.9 Å². The lowest BCUT2D eigenvalue weighted by Gasteiger charge is -2.21. The molecule has 0 radical (unpaired) electrons. The van der Waals surface area contributed by atoms with E-state index in [1.807, 2.05) is 72.8 Å². The highest BCUT2D eigenvalue weighted by molar-refractivity contribution is 6.49. The summed E-state index contributed by atoms with van der Waals surface area (Å²) in [5.74, 6) is 0. The van der Waals surface area contributed by atoms with Gasteiger partial charge in [0.2, 0.25) is 0 Å². The molecule has 4 nitrogen and oxygen atoms in total. The largest absolute Gasteiger partial charge is 0.422 e. The summed E-state index contributed by atoms with van der Waals surface area (Å²) in [5.41, 5.74) is 0.368. The predicted octanol–water partition coefficient (Wildman–Crippen LogP) is 7.13. The van der Waals surface area contributed by atoms with E-state index in [1.165, 1.54) is 0 Å². The van der Waals surface area contributed by atoms with Crippen LogP contribution in [0.4, 0.5) is 0 Å². The van der Waals surface area contributed by atoms with Gasteiger partial charge in [-0.05, 0) is 56.6 Å². The van der Waals surface area contributed by atoms with Crippen molar-refractivity contribution in [1.82, 2.24) is 0 Å². The van der Waals surface area contributed by atoms with E-state index < -0.39 is 0 Å². The van der Waals surface area contributed by atoms with Gasteiger partial charge in [0.25, 0.3) is 0 Å². The van der Waals surface area contributed by atoms with Crippen LogP contribution < -0.4 is 11.3 Å².